The van der Waals surface area contributed by atoms with E-state index in [1.165, 1.54) is 0 Å². The third-order valence-corrected chi connectivity index (χ3v) is 2.05. The summed E-state index contributed by atoms with van der Waals surface area (Å²) in [6, 6.07) is 0. The van der Waals surface area contributed by atoms with E-state index < -0.39 is 48.9 Å². The molecule has 116 valence electrons. The number of carbonyl (C=O) groups is 2. The van der Waals surface area contributed by atoms with Crippen LogP contribution in [0.2, 0.25) is 0 Å². The smallest absolute Gasteiger partial charge is 0.332 e. The third kappa shape index (κ3) is 5.90. The number of nitrogens with two attached hydrogens (primary N) is 1. The first-order valence-electron chi connectivity index (χ1n) is 5.35. The minimum atomic E-state index is -2.17. The van der Waals surface area contributed by atoms with Crippen molar-refractivity contribution in [1.82, 2.24) is 5.32 Å². The second-order valence-corrected chi connectivity index (χ2v) is 3.72. The number of carbonyl (C=O) groups excluding carboxylic acids is 2. The van der Waals surface area contributed by atoms with Gasteiger partial charge < -0.3 is 36.1 Å². The molecule has 0 saturated heterocycles. The van der Waals surface area contributed by atoms with Crippen LogP contribution < -0.4 is 11.1 Å². The summed E-state index contributed by atoms with van der Waals surface area (Å²) in [5.41, 5.74) is 5.12. The predicted octanol–water partition coefficient (Wildman–Crippen LogP) is -4.67. The molecule has 20 heavy (non-hydrogen) atoms. The molecule has 0 aliphatic rings. The number of oxime groups is 1. The standard InChI is InChI=1S/C9H17N3O8/c1-3(14)20-12-9(10)11-8(19)7(18)6(17)5(16)4(15)2-13/h4-7,13,15-18H,2H2,1H3,(H3,10,11,12,19)/t4-,5-,6+,7-/m1/s1. The Morgan fingerprint density at radius 3 is 2.25 bits per heavy atom. The Hall–Kier alpha value is -1.79. The molecular weight excluding hydrogens is 278 g/mol. The van der Waals surface area contributed by atoms with E-state index in [0.717, 1.165) is 6.92 Å². The maximum Gasteiger partial charge on any atom is 0.332 e. The number of hydrogen-bond donors (Lipinski definition) is 7. The fourth-order valence-corrected chi connectivity index (χ4v) is 1.01. The van der Waals surface area contributed by atoms with Gasteiger partial charge in [-0.1, -0.05) is 0 Å². The number of hydrogen-bond acceptors (Lipinski definition) is 9. The molecule has 0 rings (SSSR count). The van der Waals surface area contributed by atoms with Crippen molar-refractivity contribution in [3.05, 3.63) is 0 Å². The van der Waals surface area contributed by atoms with Gasteiger partial charge in [0.05, 0.1) is 6.61 Å². The average molecular weight is 295 g/mol. The van der Waals surface area contributed by atoms with Gasteiger partial charge in [-0.2, -0.15) is 0 Å². The molecule has 0 fully saturated rings. The Bertz CT molecular complexity index is 374. The van der Waals surface area contributed by atoms with Gasteiger partial charge in [-0.15, -0.1) is 0 Å². The lowest BCUT2D eigenvalue weighted by molar-refractivity contribution is -0.148. The number of guanidine groups is 1. The van der Waals surface area contributed by atoms with Gasteiger partial charge in [0.15, 0.2) is 6.10 Å². The first-order valence-corrected chi connectivity index (χ1v) is 5.35. The predicted molar refractivity (Wildman–Crippen MR) is 62.6 cm³/mol. The van der Waals surface area contributed by atoms with Crippen molar-refractivity contribution in [2.45, 2.75) is 31.3 Å². The fraction of sp³-hybridized carbons (Fsp3) is 0.667. The lowest BCUT2D eigenvalue weighted by Gasteiger charge is -2.24. The first-order chi connectivity index (χ1) is 9.20. The monoisotopic (exact) mass is 295 g/mol. The topological polar surface area (TPSA) is 195 Å². The summed E-state index contributed by atoms with van der Waals surface area (Å²) in [6.45, 7) is 0.145. The molecule has 0 spiro atoms. The molecule has 0 heterocycles. The molecule has 8 N–H and O–H groups in total. The van der Waals surface area contributed by atoms with Crippen LogP contribution in [-0.2, 0) is 14.4 Å². The van der Waals surface area contributed by atoms with Crippen LogP contribution in [0.5, 0.6) is 0 Å². The van der Waals surface area contributed by atoms with Gasteiger partial charge in [-0.3, -0.25) is 10.1 Å². The molecule has 1 amide bonds. The Balaban J connectivity index is 4.54. The quantitative estimate of drug-likeness (QED) is 0.109. The van der Waals surface area contributed by atoms with Crippen LogP contribution in [-0.4, -0.2) is 74.4 Å². The number of aliphatic hydroxyl groups excluding tert-OH is 5. The Kier molecular flexibility index (Phi) is 7.64. The third-order valence-electron chi connectivity index (χ3n) is 2.05. The minimum absolute atomic E-state index is 0.673. The fourth-order valence-electron chi connectivity index (χ4n) is 1.01. The molecule has 0 aromatic heterocycles. The lowest BCUT2D eigenvalue weighted by Crippen LogP contribution is -2.53. The minimum Gasteiger partial charge on any atom is -0.394 e. The number of aliphatic hydroxyl groups is 5. The van der Waals surface area contributed by atoms with Crippen LogP contribution in [0.25, 0.3) is 0 Å². The number of amides is 1. The van der Waals surface area contributed by atoms with Crippen molar-refractivity contribution >= 4 is 17.8 Å². The van der Waals surface area contributed by atoms with Crippen molar-refractivity contribution in [2.75, 3.05) is 6.61 Å². The summed E-state index contributed by atoms with van der Waals surface area (Å²) in [5, 5.41) is 50.4. The van der Waals surface area contributed by atoms with Crippen molar-refractivity contribution in [3.63, 3.8) is 0 Å². The van der Waals surface area contributed by atoms with Gasteiger partial charge in [0, 0.05) is 6.92 Å². The van der Waals surface area contributed by atoms with E-state index in [2.05, 4.69) is 9.99 Å². The highest BCUT2D eigenvalue weighted by Crippen LogP contribution is 2.05. The summed E-state index contributed by atoms with van der Waals surface area (Å²) in [6.07, 6.45) is -7.97. The van der Waals surface area contributed by atoms with E-state index in [4.69, 9.17) is 15.9 Å². The summed E-state index contributed by atoms with van der Waals surface area (Å²) in [4.78, 5) is 25.9. The van der Waals surface area contributed by atoms with Gasteiger partial charge >= 0.3 is 5.97 Å². The van der Waals surface area contributed by atoms with E-state index in [-0.39, 0.29) is 0 Å². The first kappa shape index (κ1) is 18.2. The SMILES string of the molecule is CC(=O)ON=C(N)NC(=O)[C@H](O)[C@@H](O)[C@H](O)[C@H](O)CO. The van der Waals surface area contributed by atoms with Crippen LogP contribution in [0.3, 0.4) is 0 Å². The van der Waals surface area contributed by atoms with Crippen LogP contribution in [0.1, 0.15) is 6.92 Å². The van der Waals surface area contributed by atoms with E-state index in [9.17, 15) is 24.9 Å². The Morgan fingerprint density at radius 2 is 1.80 bits per heavy atom. The molecule has 0 aromatic rings. The van der Waals surface area contributed by atoms with Gasteiger partial charge in [0.1, 0.15) is 18.3 Å². The molecule has 0 aromatic carbocycles. The maximum absolute atomic E-state index is 11.4. The largest absolute Gasteiger partial charge is 0.394 e. The van der Waals surface area contributed by atoms with E-state index in [0.29, 0.717) is 0 Å². The molecule has 0 unspecified atom stereocenters. The molecule has 0 aliphatic heterocycles. The van der Waals surface area contributed by atoms with Crippen LogP contribution in [0.15, 0.2) is 5.16 Å². The zero-order valence-electron chi connectivity index (χ0n) is 10.5. The van der Waals surface area contributed by atoms with Crippen molar-refractivity contribution in [2.24, 2.45) is 10.9 Å². The second-order valence-electron chi connectivity index (χ2n) is 3.72. The molecule has 0 saturated carbocycles. The highest BCUT2D eigenvalue weighted by atomic mass is 16.7. The average Bonchev–Trinajstić information content (AvgIpc) is 2.41. The Morgan fingerprint density at radius 1 is 1.25 bits per heavy atom. The molecule has 4 atom stereocenters. The van der Waals surface area contributed by atoms with Crippen molar-refractivity contribution < 1.29 is 40.0 Å². The van der Waals surface area contributed by atoms with Crippen LogP contribution >= 0.6 is 0 Å². The normalized spacial score (nSPS) is 17.8. The maximum atomic E-state index is 11.4. The summed E-state index contributed by atoms with van der Waals surface area (Å²) < 4.78 is 0. The Labute approximate surface area is 113 Å². The summed E-state index contributed by atoms with van der Waals surface area (Å²) in [5.74, 6) is -2.74. The second kappa shape index (κ2) is 8.39. The van der Waals surface area contributed by atoms with Gasteiger partial charge in [0.25, 0.3) is 5.91 Å². The molecule has 11 nitrogen and oxygen atoms in total. The zero-order chi connectivity index (χ0) is 15.9. The van der Waals surface area contributed by atoms with Gasteiger partial charge in [0.2, 0.25) is 5.96 Å². The van der Waals surface area contributed by atoms with Crippen molar-refractivity contribution in [3.8, 4) is 0 Å². The summed E-state index contributed by atoms with van der Waals surface area (Å²) >= 11 is 0. The number of rotatable bonds is 6. The number of nitrogens with one attached hydrogen (secondary N) is 1. The highest BCUT2D eigenvalue weighted by Gasteiger charge is 2.34. The van der Waals surface area contributed by atoms with Crippen LogP contribution in [0, 0.1) is 0 Å². The molecular formula is C9H17N3O8. The highest BCUT2D eigenvalue weighted by molar-refractivity contribution is 5.98. The van der Waals surface area contributed by atoms with Crippen LogP contribution in [0.4, 0.5) is 0 Å². The van der Waals surface area contributed by atoms with Gasteiger partial charge in [-0.25, -0.2) is 4.79 Å². The molecule has 0 aliphatic carbocycles. The molecule has 0 radical (unpaired) electrons. The molecule has 0 bridgehead atoms. The van der Waals surface area contributed by atoms with E-state index in [1.54, 1.807) is 5.32 Å². The number of nitrogens with zero attached hydrogens (tertiary/aromatic N) is 1. The molecule has 11 heteroatoms. The van der Waals surface area contributed by atoms with E-state index in [1.807, 2.05) is 0 Å². The van der Waals surface area contributed by atoms with E-state index >= 15 is 0 Å². The lowest BCUT2D eigenvalue weighted by atomic mass is 10.0. The van der Waals surface area contributed by atoms with Gasteiger partial charge in [-0.05, 0) is 5.16 Å². The zero-order valence-corrected chi connectivity index (χ0v) is 10.5. The van der Waals surface area contributed by atoms with Crippen molar-refractivity contribution in [1.29, 1.82) is 0 Å². The summed E-state index contributed by atoms with van der Waals surface area (Å²) in [7, 11) is 0.